The van der Waals surface area contributed by atoms with Crippen LogP contribution in [0.3, 0.4) is 0 Å². The van der Waals surface area contributed by atoms with E-state index in [0.29, 0.717) is 13.1 Å². The Morgan fingerprint density at radius 2 is 1.67 bits per heavy atom. The molecule has 3 aliphatic heterocycles. The van der Waals surface area contributed by atoms with Crippen molar-refractivity contribution in [2.45, 2.75) is 70.6 Å². The first-order chi connectivity index (χ1) is 15.8. The molecule has 3 saturated heterocycles. The van der Waals surface area contributed by atoms with Gasteiger partial charge in [-0.15, -0.1) is 0 Å². The Balaban J connectivity index is 1.24. The molecule has 4 heterocycles. The highest BCUT2D eigenvalue weighted by Gasteiger charge is 2.30. The van der Waals surface area contributed by atoms with Crippen molar-refractivity contribution in [3.8, 4) is 0 Å². The van der Waals surface area contributed by atoms with Crippen molar-refractivity contribution in [3.05, 3.63) is 18.3 Å². The zero-order chi connectivity index (χ0) is 23.2. The van der Waals surface area contributed by atoms with Gasteiger partial charge in [0.2, 0.25) is 0 Å². The lowest BCUT2D eigenvalue weighted by molar-refractivity contribution is 0.0185. The standard InChI is InChI=1S/C25H38N6O2/c1-25(2,3)33-24(32)30-13-7-20(8-14-30)31-17-18-15-21(26)23(16-22(18)27-31)29-11-5-19(6-12-29)28-9-4-10-28/h15-17,19-20H,4-14,26H2,1-3H3. The smallest absolute Gasteiger partial charge is 0.410 e. The van der Waals surface area contributed by atoms with Crippen molar-refractivity contribution in [2.75, 3.05) is 49.9 Å². The predicted molar refractivity (Wildman–Crippen MR) is 132 cm³/mol. The van der Waals surface area contributed by atoms with Crippen LogP contribution in [0.25, 0.3) is 10.9 Å². The molecular weight excluding hydrogens is 416 g/mol. The van der Waals surface area contributed by atoms with Crippen LogP contribution >= 0.6 is 0 Å². The summed E-state index contributed by atoms with van der Waals surface area (Å²) in [5.74, 6) is 0. The molecule has 0 spiro atoms. The molecule has 1 amide bonds. The third-order valence-corrected chi connectivity index (χ3v) is 7.37. The summed E-state index contributed by atoms with van der Waals surface area (Å²) in [5, 5.41) is 6.00. The maximum Gasteiger partial charge on any atom is 0.410 e. The number of nitrogen functional groups attached to an aromatic ring is 1. The van der Waals surface area contributed by atoms with E-state index in [-0.39, 0.29) is 12.1 Å². The number of likely N-dealkylation sites (tertiary alicyclic amines) is 2. The molecule has 8 nitrogen and oxygen atoms in total. The molecule has 0 aliphatic carbocycles. The second-order valence-corrected chi connectivity index (χ2v) is 10.9. The van der Waals surface area contributed by atoms with Gasteiger partial charge in [0.1, 0.15) is 5.60 Å². The summed E-state index contributed by atoms with van der Waals surface area (Å²) in [6.07, 6.45) is 7.41. The van der Waals surface area contributed by atoms with Crippen LogP contribution in [-0.4, -0.2) is 76.6 Å². The molecular formula is C25H38N6O2. The fourth-order valence-corrected chi connectivity index (χ4v) is 5.38. The van der Waals surface area contributed by atoms with Gasteiger partial charge >= 0.3 is 6.09 Å². The third-order valence-electron chi connectivity index (χ3n) is 7.37. The SMILES string of the molecule is CC(C)(C)OC(=O)N1CCC(n2cc3cc(N)c(N4CCC(N5CCC5)CC4)cc3n2)CC1. The zero-order valence-electron chi connectivity index (χ0n) is 20.3. The summed E-state index contributed by atoms with van der Waals surface area (Å²) >= 11 is 0. The van der Waals surface area contributed by atoms with Crippen molar-refractivity contribution in [1.82, 2.24) is 19.6 Å². The molecule has 0 bridgehead atoms. The average Bonchev–Trinajstić information content (AvgIpc) is 3.14. The van der Waals surface area contributed by atoms with Gasteiger partial charge in [-0.1, -0.05) is 0 Å². The summed E-state index contributed by atoms with van der Waals surface area (Å²) in [6, 6.07) is 5.27. The Morgan fingerprint density at radius 3 is 2.27 bits per heavy atom. The van der Waals surface area contributed by atoms with Crippen LogP contribution in [0.2, 0.25) is 0 Å². The van der Waals surface area contributed by atoms with Crippen molar-refractivity contribution >= 4 is 28.4 Å². The molecule has 8 heteroatoms. The normalized spacial score (nSPS) is 21.4. The number of aromatic nitrogens is 2. The molecule has 1 aromatic carbocycles. The second kappa shape index (κ2) is 8.70. The second-order valence-electron chi connectivity index (χ2n) is 10.9. The van der Waals surface area contributed by atoms with Crippen LogP contribution in [-0.2, 0) is 4.74 Å². The molecule has 0 radical (unpaired) electrons. The minimum atomic E-state index is -0.463. The van der Waals surface area contributed by atoms with Gasteiger partial charge in [0.05, 0.1) is 22.9 Å². The highest BCUT2D eigenvalue weighted by molar-refractivity contribution is 5.89. The number of hydrogen-bond donors (Lipinski definition) is 1. The Hall–Kier alpha value is -2.48. The first-order valence-electron chi connectivity index (χ1n) is 12.5. The number of fused-ring (bicyclic) bond motifs is 1. The first-order valence-corrected chi connectivity index (χ1v) is 12.5. The number of carbonyl (C=O) groups excluding carboxylic acids is 1. The maximum atomic E-state index is 12.4. The summed E-state index contributed by atoms with van der Waals surface area (Å²) in [5.41, 5.74) is 8.98. The number of anilines is 2. The van der Waals surface area contributed by atoms with Gasteiger partial charge in [-0.3, -0.25) is 4.68 Å². The van der Waals surface area contributed by atoms with Gasteiger partial charge in [0.25, 0.3) is 0 Å². The van der Waals surface area contributed by atoms with Gasteiger partial charge in [0, 0.05) is 43.8 Å². The van der Waals surface area contributed by atoms with Crippen LogP contribution in [0.1, 0.15) is 58.9 Å². The number of nitrogens with two attached hydrogens (primary N) is 1. The molecule has 3 fully saturated rings. The van der Waals surface area contributed by atoms with E-state index in [4.69, 9.17) is 15.6 Å². The summed E-state index contributed by atoms with van der Waals surface area (Å²) in [4.78, 5) is 19.2. The van der Waals surface area contributed by atoms with Crippen molar-refractivity contribution < 1.29 is 9.53 Å². The highest BCUT2D eigenvalue weighted by Crippen LogP contribution is 2.33. The van der Waals surface area contributed by atoms with Crippen LogP contribution < -0.4 is 10.6 Å². The Labute approximate surface area is 196 Å². The minimum Gasteiger partial charge on any atom is -0.444 e. The number of piperidine rings is 2. The molecule has 3 aliphatic rings. The molecule has 180 valence electrons. The molecule has 1 aromatic heterocycles. The fraction of sp³-hybridized carbons (Fsp3) is 0.680. The van der Waals surface area contributed by atoms with Gasteiger partial charge < -0.3 is 25.2 Å². The highest BCUT2D eigenvalue weighted by atomic mass is 16.6. The maximum absolute atomic E-state index is 12.4. The topological polar surface area (TPSA) is 79.9 Å². The van der Waals surface area contributed by atoms with Crippen LogP contribution in [0, 0.1) is 0 Å². The van der Waals surface area contributed by atoms with Gasteiger partial charge in [-0.2, -0.15) is 5.10 Å². The quantitative estimate of drug-likeness (QED) is 0.710. The van der Waals surface area contributed by atoms with E-state index >= 15 is 0 Å². The number of carbonyl (C=O) groups is 1. The molecule has 33 heavy (non-hydrogen) atoms. The van der Waals surface area contributed by atoms with Gasteiger partial charge in [0.15, 0.2) is 0 Å². The third kappa shape index (κ3) is 4.76. The first kappa shape index (κ1) is 22.3. The minimum absolute atomic E-state index is 0.220. The van der Waals surface area contributed by atoms with Crippen molar-refractivity contribution in [3.63, 3.8) is 0 Å². The van der Waals surface area contributed by atoms with E-state index in [1.54, 1.807) is 0 Å². The van der Waals surface area contributed by atoms with Crippen LogP contribution in [0.15, 0.2) is 18.3 Å². The largest absolute Gasteiger partial charge is 0.444 e. The van der Waals surface area contributed by atoms with E-state index in [1.165, 1.54) is 32.4 Å². The molecule has 0 saturated carbocycles. The molecule has 0 atom stereocenters. The van der Waals surface area contributed by atoms with E-state index in [0.717, 1.165) is 54.3 Å². The van der Waals surface area contributed by atoms with Gasteiger partial charge in [-0.25, -0.2) is 4.79 Å². The van der Waals surface area contributed by atoms with E-state index in [2.05, 4.69) is 32.8 Å². The number of ether oxygens (including phenoxy) is 1. The van der Waals surface area contributed by atoms with E-state index < -0.39 is 5.60 Å². The van der Waals surface area contributed by atoms with E-state index in [9.17, 15) is 4.79 Å². The number of nitrogens with zero attached hydrogens (tertiary/aromatic N) is 5. The van der Waals surface area contributed by atoms with Crippen LogP contribution in [0.4, 0.5) is 16.2 Å². The zero-order valence-corrected chi connectivity index (χ0v) is 20.3. The lowest BCUT2D eigenvalue weighted by atomic mass is 9.99. The number of hydrogen-bond acceptors (Lipinski definition) is 6. The molecule has 0 unspecified atom stereocenters. The number of benzene rings is 1. The predicted octanol–water partition coefficient (Wildman–Crippen LogP) is 3.87. The Morgan fingerprint density at radius 1 is 1.00 bits per heavy atom. The fourth-order valence-electron chi connectivity index (χ4n) is 5.38. The summed E-state index contributed by atoms with van der Waals surface area (Å²) in [6.45, 7) is 11.7. The summed E-state index contributed by atoms with van der Waals surface area (Å²) in [7, 11) is 0. The molecule has 2 N–H and O–H groups in total. The molecule has 5 rings (SSSR count). The van der Waals surface area contributed by atoms with Crippen LogP contribution in [0.5, 0.6) is 0 Å². The van der Waals surface area contributed by atoms with E-state index in [1.807, 2.05) is 25.7 Å². The van der Waals surface area contributed by atoms with Gasteiger partial charge in [-0.05, 0) is 78.1 Å². The Bertz CT molecular complexity index is 992. The Kier molecular flexibility index (Phi) is 5.89. The number of rotatable bonds is 3. The lowest BCUT2D eigenvalue weighted by Crippen LogP contribution is -2.50. The summed E-state index contributed by atoms with van der Waals surface area (Å²) < 4.78 is 7.60. The van der Waals surface area contributed by atoms with Crippen molar-refractivity contribution in [2.24, 2.45) is 0 Å². The average molecular weight is 455 g/mol. The monoisotopic (exact) mass is 454 g/mol. The molecule has 2 aromatic rings. The number of amides is 1. The lowest BCUT2D eigenvalue weighted by Gasteiger charge is -2.43. The van der Waals surface area contributed by atoms with Crippen molar-refractivity contribution in [1.29, 1.82) is 0 Å².